The summed E-state index contributed by atoms with van der Waals surface area (Å²) < 4.78 is 14.7. The van der Waals surface area contributed by atoms with E-state index in [4.69, 9.17) is 11.6 Å². The number of phenolic OH excluding ortho intramolecular Hbond substituents is 1. The van der Waals surface area contributed by atoms with Gasteiger partial charge in [-0.3, -0.25) is 24.1 Å². The zero-order valence-corrected chi connectivity index (χ0v) is 26.5. The van der Waals surface area contributed by atoms with Crippen LogP contribution in [0.25, 0.3) is 0 Å². The Hall–Kier alpha value is -4.35. The van der Waals surface area contributed by atoms with Gasteiger partial charge >= 0.3 is 5.97 Å². The van der Waals surface area contributed by atoms with Crippen molar-refractivity contribution in [2.45, 2.75) is 25.7 Å². The fraction of sp³-hybridized carbons (Fsp3) is 0.265. The van der Waals surface area contributed by atoms with Gasteiger partial charge in [0, 0.05) is 16.0 Å². The topological polar surface area (TPSA) is 132 Å². The number of benzene rings is 3. The average molecular weight is 708 g/mol. The Morgan fingerprint density at radius 3 is 2.41 bits per heavy atom. The molecule has 4 amide bonds. The Morgan fingerprint density at radius 1 is 0.957 bits per heavy atom. The molecule has 3 fully saturated rings. The number of hydrogen-bond donors (Lipinski definition) is 2. The molecule has 2 heterocycles. The fourth-order valence-corrected chi connectivity index (χ4v) is 8.57. The van der Waals surface area contributed by atoms with Crippen LogP contribution in [0.1, 0.15) is 41.6 Å². The van der Waals surface area contributed by atoms with Crippen LogP contribution in [0.5, 0.6) is 5.75 Å². The highest BCUT2D eigenvalue weighted by atomic mass is 79.9. The van der Waals surface area contributed by atoms with E-state index in [2.05, 4.69) is 15.9 Å². The monoisotopic (exact) mass is 706 g/mol. The third kappa shape index (κ3) is 4.21. The number of imide groups is 2. The molecule has 46 heavy (non-hydrogen) atoms. The predicted molar refractivity (Wildman–Crippen MR) is 168 cm³/mol. The van der Waals surface area contributed by atoms with Crippen LogP contribution in [0.4, 0.5) is 15.8 Å². The highest BCUT2D eigenvalue weighted by Gasteiger charge is 2.68. The second-order valence-electron chi connectivity index (χ2n) is 12.3. The Balaban J connectivity index is 1.37. The quantitative estimate of drug-likeness (QED) is 0.248. The molecule has 0 spiro atoms. The summed E-state index contributed by atoms with van der Waals surface area (Å²) in [6.45, 7) is 1.67. The van der Waals surface area contributed by atoms with Crippen LogP contribution in [0, 0.1) is 34.9 Å². The molecule has 2 aliphatic carbocycles. The Labute approximate surface area is 275 Å². The van der Waals surface area contributed by atoms with Gasteiger partial charge in [0.25, 0.3) is 0 Å². The predicted octanol–water partition coefficient (Wildman–Crippen LogP) is 6.08. The minimum atomic E-state index is -1.42. The Kier molecular flexibility index (Phi) is 6.98. The summed E-state index contributed by atoms with van der Waals surface area (Å²) in [5.41, 5.74) is -0.233. The van der Waals surface area contributed by atoms with Crippen molar-refractivity contribution in [2.75, 3.05) is 9.80 Å². The molecule has 4 aliphatic rings. The lowest BCUT2D eigenvalue weighted by atomic mass is 9.51. The van der Waals surface area contributed by atoms with E-state index in [1.807, 2.05) is 6.08 Å². The molecule has 0 radical (unpaired) electrons. The van der Waals surface area contributed by atoms with E-state index in [0.29, 0.717) is 15.6 Å². The third-order valence-corrected chi connectivity index (χ3v) is 10.9. The molecule has 0 unspecified atom stereocenters. The molecule has 9 nitrogen and oxygen atoms in total. The first-order valence-corrected chi connectivity index (χ1v) is 15.7. The van der Waals surface area contributed by atoms with Crippen LogP contribution >= 0.6 is 27.5 Å². The normalized spacial score (nSPS) is 28.6. The van der Waals surface area contributed by atoms with Crippen molar-refractivity contribution in [3.8, 4) is 5.75 Å². The maximum Gasteiger partial charge on any atom is 0.335 e. The number of nitrogens with zero attached hydrogens (tertiary/aromatic N) is 2. The van der Waals surface area contributed by atoms with Crippen LogP contribution in [0.3, 0.4) is 0 Å². The summed E-state index contributed by atoms with van der Waals surface area (Å²) in [5, 5.41) is 20.4. The number of rotatable bonds is 4. The van der Waals surface area contributed by atoms with Crippen LogP contribution in [-0.2, 0) is 19.2 Å². The smallest absolute Gasteiger partial charge is 0.335 e. The van der Waals surface area contributed by atoms with Gasteiger partial charge in [0.2, 0.25) is 23.6 Å². The maximum atomic E-state index is 14.5. The Morgan fingerprint density at radius 2 is 1.70 bits per heavy atom. The maximum absolute atomic E-state index is 14.5. The lowest BCUT2D eigenvalue weighted by Gasteiger charge is -2.49. The molecule has 3 aromatic carbocycles. The van der Waals surface area contributed by atoms with Gasteiger partial charge in [0.15, 0.2) is 0 Å². The third-order valence-electron chi connectivity index (χ3n) is 10.1. The van der Waals surface area contributed by atoms with Crippen molar-refractivity contribution in [3.63, 3.8) is 0 Å². The van der Waals surface area contributed by atoms with Crippen molar-refractivity contribution >= 4 is 68.5 Å². The highest BCUT2D eigenvalue weighted by Crippen LogP contribution is 2.64. The number of fused-ring (bicyclic) bond motifs is 4. The molecular weight excluding hydrogens is 683 g/mol. The summed E-state index contributed by atoms with van der Waals surface area (Å²) in [4.78, 5) is 70.3. The number of amides is 4. The van der Waals surface area contributed by atoms with E-state index in [9.17, 15) is 38.6 Å². The fourth-order valence-electron chi connectivity index (χ4n) is 8.02. The molecule has 3 aromatic rings. The molecule has 2 aliphatic heterocycles. The highest BCUT2D eigenvalue weighted by molar-refractivity contribution is 9.10. The molecule has 234 valence electrons. The van der Waals surface area contributed by atoms with Gasteiger partial charge in [-0.1, -0.05) is 45.2 Å². The van der Waals surface area contributed by atoms with Crippen LogP contribution in [0.2, 0.25) is 5.02 Å². The first-order valence-electron chi connectivity index (χ1n) is 14.6. The molecule has 12 heteroatoms. The zero-order valence-electron chi connectivity index (χ0n) is 24.1. The number of halogens is 3. The van der Waals surface area contributed by atoms with Gasteiger partial charge in [-0.15, -0.1) is 0 Å². The summed E-state index contributed by atoms with van der Waals surface area (Å²) in [7, 11) is 0. The van der Waals surface area contributed by atoms with Crippen LogP contribution in [0.15, 0.2) is 76.8 Å². The molecule has 0 bridgehead atoms. The summed E-state index contributed by atoms with van der Waals surface area (Å²) in [5.74, 6) is -8.28. The minimum absolute atomic E-state index is 0.0623. The first-order chi connectivity index (χ1) is 21.8. The van der Waals surface area contributed by atoms with Gasteiger partial charge in [-0.05, 0) is 80.3 Å². The number of carboxylic acid groups (broad SMARTS) is 1. The van der Waals surface area contributed by atoms with E-state index in [1.165, 1.54) is 42.5 Å². The number of hydrogen-bond acceptors (Lipinski definition) is 6. The van der Waals surface area contributed by atoms with E-state index in [0.717, 1.165) is 15.9 Å². The van der Waals surface area contributed by atoms with E-state index >= 15 is 0 Å². The number of aromatic carboxylic acids is 1. The van der Waals surface area contributed by atoms with Crippen molar-refractivity contribution in [1.82, 2.24) is 0 Å². The summed E-state index contributed by atoms with van der Waals surface area (Å²) in [6.07, 6.45) is 2.07. The number of carbonyl (C=O) groups excluding carboxylic acids is 4. The van der Waals surface area contributed by atoms with E-state index in [-0.39, 0.29) is 40.6 Å². The van der Waals surface area contributed by atoms with Crippen LogP contribution in [-0.4, -0.2) is 39.8 Å². The molecule has 7 rings (SSSR count). The summed E-state index contributed by atoms with van der Waals surface area (Å²) >= 11 is 9.49. The molecule has 0 aromatic heterocycles. The second-order valence-corrected chi connectivity index (χ2v) is 13.7. The molecular formula is C34H25BrClFN2O7. The van der Waals surface area contributed by atoms with E-state index < -0.39 is 70.4 Å². The van der Waals surface area contributed by atoms with Crippen molar-refractivity contribution in [1.29, 1.82) is 0 Å². The van der Waals surface area contributed by atoms with Gasteiger partial charge in [0.1, 0.15) is 11.6 Å². The number of anilines is 2. The number of phenols is 1. The minimum Gasteiger partial charge on any atom is -0.508 e. The van der Waals surface area contributed by atoms with Crippen molar-refractivity contribution < 1.29 is 38.6 Å². The number of aromatic hydroxyl groups is 1. The van der Waals surface area contributed by atoms with Gasteiger partial charge in [-0.2, -0.15) is 0 Å². The SMILES string of the molecule is C[C@@]12C(=O)N(c3ccc(F)c(Cl)c3)C(=O)[C@@H]1C[C@@H]1C(=CC[C@@H]3C(=O)N(c4cccc(C(=O)O)c4)C(=O)[C@@H]31)[C@@H]2c1cc(Br)ccc1O. The summed E-state index contributed by atoms with van der Waals surface area (Å²) in [6, 6.07) is 14.0. The number of carboxylic acids is 1. The second kappa shape index (κ2) is 10.6. The van der Waals surface area contributed by atoms with Gasteiger partial charge < -0.3 is 10.2 Å². The van der Waals surface area contributed by atoms with E-state index in [1.54, 1.807) is 19.1 Å². The van der Waals surface area contributed by atoms with Gasteiger partial charge in [-0.25, -0.2) is 14.1 Å². The van der Waals surface area contributed by atoms with Gasteiger partial charge in [0.05, 0.1) is 45.1 Å². The molecule has 2 saturated heterocycles. The first kappa shape index (κ1) is 30.3. The largest absolute Gasteiger partial charge is 0.508 e. The molecule has 6 atom stereocenters. The van der Waals surface area contributed by atoms with Crippen molar-refractivity contribution in [2.24, 2.45) is 29.1 Å². The number of allylic oxidation sites excluding steroid dienone is 2. The Bertz CT molecular complexity index is 1950. The zero-order chi connectivity index (χ0) is 32.8. The standard InChI is InChI=1S/C34H25BrClFN2O7/c1-34-23(30(42)39(33(34)46)18-6-9-25(37)24(36)13-18)14-21-19(28(34)22-12-16(35)5-10-26(22)40)7-8-20-27(21)31(43)38(29(20)41)17-4-2-3-15(11-17)32(44)45/h2-7,9-13,20-21,23,27-28,40H,8,14H2,1H3,(H,44,45)/t20-,21+,23-,27-,28+,34+/m0/s1. The lowest BCUT2D eigenvalue weighted by Crippen LogP contribution is -2.48. The average Bonchev–Trinajstić information content (AvgIpc) is 3.39. The van der Waals surface area contributed by atoms with Crippen molar-refractivity contribution in [3.05, 3.63) is 98.8 Å². The lowest BCUT2D eigenvalue weighted by molar-refractivity contribution is -0.131. The van der Waals surface area contributed by atoms with Crippen LogP contribution < -0.4 is 9.80 Å². The number of carbonyl (C=O) groups is 5. The molecule has 2 N–H and O–H groups in total. The molecule has 1 saturated carbocycles.